The lowest BCUT2D eigenvalue weighted by Crippen LogP contribution is -2.26. The highest BCUT2D eigenvalue weighted by Gasteiger charge is 2.10. The number of hydrogen-bond acceptors (Lipinski definition) is 7. The van der Waals surface area contributed by atoms with Crippen LogP contribution >= 0.6 is 0 Å². The van der Waals surface area contributed by atoms with Gasteiger partial charge in [0.05, 0.1) is 19.8 Å². The van der Waals surface area contributed by atoms with Crippen molar-refractivity contribution in [2.75, 3.05) is 39.6 Å². The zero-order valence-corrected chi connectivity index (χ0v) is 15.5. The lowest BCUT2D eigenvalue weighted by atomic mass is 10.4. The number of carbonyl (C=O) groups is 2. The number of carbonyl (C=O) groups excluding carboxylic acids is 2. The summed E-state index contributed by atoms with van der Waals surface area (Å²) in [7, 11) is 0. The largest absolute Gasteiger partial charge is 0.460 e. The van der Waals surface area contributed by atoms with Gasteiger partial charge in [0.1, 0.15) is 13.2 Å². The molecule has 0 aromatic carbocycles. The van der Waals surface area contributed by atoms with E-state index in [1.807, 2.05) is 6.92 Å². The molecule has 0 radical (unpaired) electrons. The molecule has 144 valence electrons. The van der Waals surface area contributed by atoms with Gasteiger partial charge in [-0.15, -0.1) is 13.2 Å². The van der Waals surface area contributed by atoms with E-state index in [-0.39, 0.29) is 33.0 Å². The van der Waals surface area contributed by atoms with Crippen LogP contribution in [0.2, 0.25) is 0 Å². The van der Waals surface area contributed by atoms with Gasteiger partial charge >= 0.3 is 11.9 Å². The van der Waals surface area contributed by atoms with Gasteiger partial charge in [0.2, 0.25) is 0 Å². The Morgan fingerprint density at radius 2 is 1.32 bits per heavy atom. The maximum atomic E-state index is 11.2. The quantitative estimate of drug-likeness (QED) is 0.164. The third-order valence-corrected chi connectivity index (χ3v) is 2.38. The van der Waals surface area contributed by atoms with Crippen LogP contribution in [-0.4, -0.2) is 57.9 Å². The molecule has 0 saturated heterocycles. The Morgan fingerprint density at radius 3 is 1.76 bits per heavy atom. The van der Waals surface area contributed by atoms with Crippen LogP contribution in [0.4, 0.5) is 0 Å². The molecule has 25 heavy (non-hydrogen) atoms. The summed E-state index contributed by atoms with van der Waals surface area (Å²) in [5, 5.41) is 0. The first-order valence-corrected chi connectivity index (χ1v) is 7.84. The lowest BCUT2D eigenvalue weighted by Gasteiger charge is -2.18. The predicted octanol–water partition coefficient (Wildman–Crippen LogP) is 2.42. The van der Waals surface area contributed by atoms with Crippen molar-refractivity contribution in [3.8, 4) is 0 Å². The van der Waals surface area contributed by atoms with Gasteiger partial charge in [-0.05, 0) is 20.8 Å². The second-order valence-electron chi connectivity index (χ2n) is 4.66. The van der Waals surface area contributed by atoms with Gasteiger partial charge in [0, 0.05) is 17.8 Å². The van der Waals surface area contributed by atoms with Crippen molar-refractivity contribution in [3.63, 3.8) is 0 Å². The Balaban J connectivity index is 0. The fraction of sp³-hybridized carbons (Fsp3) is 0.556. The number of rotatable bonds is 13. The average molecular weight is 358 g/mol. The van der Waals surface area contributed by atoms with E-state index >= 15 is 0 Å². The summed E-state index contributed by atoms with van der Waals surface area (Å²) < 4.78 is 25.8. The predicted molar refractivity (Wildman–Crippen MR) is 95.0 cm³/mol. The molecule has 0 aliphatic heterocycles. The van der Waals surface area contributed by atoms with Gasteiger partial charge in [-0.2, -0.15) is 0 Å². The third-order valence-electron chi connectivity index (χ3n) is 2.38. The molecule has 0 N–H and O–H groups in total. The van der Waals surface area contributed by atoms with Crippen LogP contribution in [0.15, 0.2) is 37.5 Å². The van der Waals surface area contributed by atoms with Crippen molar-refractivity contribution in [3.05, 3.63) is 37.5 Å². The van der Waals surface area contributed by atoms with Gasteiger partial charge in [0.15, 0.2) is 6.29 Å². The Hall–Kier alpha value is -1.96. The fourth-order valence-electron chi connectivity index (χ4n) is 1.26. The van der Waals surface area contributed by atoms with Crippen molar-refractivity contribution in [2.45, 2.75) is 27.1 Å². The first-order chi connectivity index (χ1) is 11.9. The van der Waals surface area contributed by atoms with Crippen LogP contribution in [0.3, 0.4) is 0 Å². The van der Waals surface area contributed by atoms with Crippen molar-refractivity contribution in [2.24, 2.45) is 0 Å². The van der Waals surface area contributed by atoms with Crippen molar-refractivity contribution >= 4 is 11.9 Å². The summed E-state index contributed by atoms with van der Waals surface area (Å²) in [6, 6.07) is 0. The van der Waals surface area contributed by atoms with Crippen LogP contribution in [0, 0.1) is 0 Å². The summed E-state index contributed by atoms with van der Waals surface area (Å²) in [6.07, 6.45) is -0.583. The molecular formula is C18H30O7. The second kappa shape index (κ2) is 16.9. The van der Waals surface area contributed by atoms with Crippen molar-refractivity contribution in [1.29, 1.82) is 0 Å². The van der Waals surface area contributed by atoms with E-state index in [1.165, 1.54) is 0 Å². The van der Waals surface area contributed by atoms with E-state index in [1.54, 1.807) is 13.8 Å². The molecule has 0 aliphatic carbocycles. The minimum Gasteiger partial charge on any atom is -0.460 e. The van der Waals surface area contributed by atoms with E-state index in [4.69, 9.17) is 23.7 Å². The minimum absolute atomic E-state index is 0.103. The highest BCUT2D eigenvalue weighted by molar-refractivity contribution is 5.87. The molecule has 0 aliphatic rings. The zero-order chi connectivity index (χ0) is 19.7. The molecule has 1 atom stereocenters. The van der Waals surface area contributed by atoms with Crippen LogP contribution in [0.5, 0.6) is 0 Å². The molecule has 0 spiro atoms. The average Bonchev–Trinajstić information content (AvgIpc) is 2.59. The van der Waals surface area contributed by atoms with E-state index < -0.39 is 18.2 Å². The first-order valence-electron chi connectivity index (χ1n) is 7.84. The van der Waals surface area contributed by atoms with Gasteiger partial charge in [0.25, 0.3) is 0 Å². The van der Waals surface area contributed by atoms with Crippen LogP contribution in [0.25, 0.3) is 0 Å². The van der Waals surface area contributed by atoms with Crippen molar-refractivity contribution in [1.82, 2.24) is 0 Å². The molecule has 0 saturated carbocycles. The standard InChI is InChI=1S/C16H26O7.C2H4/c1-6-20-14(21-9-10-23-16(18)13(4)5)11-19-7-8-22-15(17)12(2)3;1-2/h14H,2,4,6-11H2,1,3,5H3;1-2H2. The first kappa shape index (κ1) is 25.3. The highest BCUT2D eigenvalue weighted by Crippen LogP contribution is 1.99. The highest BCUT2D eigenvalue weighted by atomic mass is 16.7. The van der Waals surface area contributed by atoms with Gasteiger partial charge in [-0.1, -0.05) is 13.2 Å². The van der Waals surface area contributed by atoms with Crippen molar-refractivity contribution < 1.29 is 33.3 Å². The summed E-state index contributed by atoms with van der Waals surface area (Å²) in [5.41, 5.74) is 0.670. The summed E-state index contributed by atoms with van der Waals surface area (Å²) in [5.74, 6) is -0.914. The molecule has 0 bridgehead atoms. The fourth-order valence-corrected chi connectivity index (χ4v) is 1.26. The van der Waals surface area contributed by atoms with Crippen LogP contribution < -0.4 is 0 Å². The molecule has 0 heterocycles. The molecule has 7 heteroatoms. The third kappa shape index (κ3) is 15.3. The zero-order valence-electron chi connectivity index (χ0n) is 15.5. The molecule has 0 aromatic heterocycles. The van der Waals surface area contributed by atoms with Crippen LogP contribution in [0.1, 0.15) is 20.8 Å². The number of ether oxygens (including phenoxy) is 5. The number of hydrogen-bond donors (Lipinski definition) is 0. The Kier molecular flexibility index (Phi) is 17.1. The molecular weight excluding hydrogens is 328 g/mol. The topological polar surface area (TPSA) is 80.3 Å². The minimum atomic E-state index is -0.583. The van der Waals surface area contributed by atoms with Gasteiger partial charge < -0.3 is 23.7 Å². The maximum Gasteiger partial charge on any atom is 0.333 e. The monoisotopic (exact) mass is 358 g/mol. The Morgan fingerprint density at radius 1 is 0.840 bits per heavy atom. The summed E-state index contributed by atoms with van der Waals surface area (Å²) in [6.45, 7) is 19.2. The van der Waals surface area contributed by atoms with Gasteiger partial charge in [-0.3, -0.25) is 0 Å². The lowest BCUT2D eigenvalue weighted by molar-refractivity contribution is -0.180. The normalized spacial score (nSPS) is 10.8. The Bertz CT molecular complexity index is 418. The van der Waals surface area contributed by atoms with Gasteiger partial charge in [-0.25, -0.2) is 9.59 Å². The smallest absolute Gasteiger partial charge is 0.333 e. The molecule has 0 aromatic rings. The summed E-state index contributed by atoms with van der Waals surface area (Å²) >= 11 is 0. The molecule has 7 nitrogen and oxygen atoms in total. The number of esters is 2. The Labute approximate surface area is 150 Å². The van der Waals surface area contributed by atoms with Crippen LogP contribution in [-0.2, 0) is 33.3 Å². The molecule has 1 unspecified atom stereocenters. The second-order valence-corrected chi connectivity index (χ2v) is 4.66. The van der Waals surface area contributed by atoms with E-state index in [0.717, 1.165) is 0 Å². The molecule has 0 amide bonds. The van der Waals surface area contributed by atoms with E-state index in [2.05, 4.69) is 26.3 Å². The van der Waals surface area contributed by atoms with E-state index in [0.29, 0.717) is 17.8 Å². The SMILES string of the molecule is C=C.C=C(C)C(=O)OCCOCC(OCC)OCCOC(=O)C(=C)C. The summed E-state index contributed by atoms with van der Waals surface area (Å²) in [4.78, 5) is 22.3. The molecule has 0 fully saturated rings. The van der Waals surface area contributed by atoms with E-state index in [9.17, 15) is 9.59 Å². The molecule has 0 rings (SSSR count). The maximum absolute atomic E-state index is 11.2.